The molecule has 1 aliphatic rings. The molecule has 0 spiro atoms. The molecule has 0 aliphatic heterocycles. The van der Waals surface area contributed by atoms with Gasteiger partial charge in [0.2, 0.25) is 0 Å². The van der Waals surface area contributed by atoms with Crippen LogP contribution in [0.3, 0.4) is 0 Å². The van der Waals surface area contributed by atoms with Crippen LogP contribution in [0.4, 0.5) is 0 Å². The van der Waals surface area contributed by atoms with Crippen molar-refractivity contribution in [3.8, 4) is 11.1 Å². The molecule has 5 rings (SSSR count). The van der Waals surface area contributed by atoms with Crippen LogP contribution in [-0.2, 0) is 12.8 Å². The normalized spacial score (nSPS) is 13.4. The molecule has 4 aromatic rings. The summed E-state index contributed by atoms with van der Waals surface area (Å²) in [5, 5.41) is 4.14. The molecule has 0 atom stereocenters. The van der Waals surface area contributed by atoms with Gasteiger partial charge in [-0.15, -0.1) is 11.3 Å². The highest BCUT2D eigenvalue weighted by Crippen LogP contribution is 2.39. The van der Waals surface area contributed by atoms with Crippen molar-refractivity contribution in [3.63, 3.8) is 0 Å². The van der Waals surface area contributed by atoms with Crippen molar-refractivity contribution < 1.29 is 4.79 Å². The van der Waals surface area contributed by atoms with E-state index in [2.05, 4.69) is 40.5 Å². The van der Waals surface area contributed by atoms with Gasteiger partial charge in [-0.1, -0.05) is 42.1 Å². The summed E-state index contributed by atoms with van der Waals surface area (Å²) in [6, 6.07) is 12.8. The van der Waals surface area contributed by atoms with Crippen LogP contribution in [0.15, 0.2) is 53.1 Å². The lowest BCUT2D eigenvalue weighted by atomic mass is 9.89. The number of thioether (sulfide) groups is 1. The molecule has 0 unspecified atom stereocenters. The van der Waals surface area contributed by atoms with E-state index >= 15 is 0 Å². The summed E-state index contributed by atoms with van der Waals surface area (Å²) in [7, 11) is 0. The number of fused-ring (bicyclic) bond motifs is 2. The number of benzene rings is 2. The first kappa shape index (κ1) is 20.4. The fraction of sp³-hybridized carbons (Fsp3) is 0.269. The topological polar surface area (TPSA) is 42.9 Å². The lowest BCUT2D eigenvalue weighted by Gasteiger charge is -2.16. The first-order valence-electron chi connectivity index (χ1n) is 10.7. The van der Waals surface area contributed by atoms with Crippen molar-refractivity contribution in [1.82, 2.24) is 9.97 Å². The summed E-state index contributed by atoms with van der Waals surface area (Å²) >= 11 is 3.16. The van der Waals surface area contributed by atoms with Gasteiger partial charge in [-0.05, 0) is 73.4 Å². The van der Waals surface area contributed by atoms with Crippen molar-refractivity contribution in [2.24, 2.45) is 0 Å². The zero-order valence-corrected chi connectivity index (χ0v) is 19.4. The molecule has 0 saturated carbocycles. The predicted octanol–water partition coefficient (Wildman–Crippen LogP) is 6.83. The summed E-state index contributed by atoms with van der Waals surface area (Å²) in [5.41, 5.74) is 8.47. The number of hydrogen-bond acceptors (Lipinski definition) is 5. The smallest absolute Gasteiger partial charge is 0.173 e. The van der Waals surface area contributed by atoms with Gasteiger partial charge < -0.3 is 0 Å². The molecule has 1 aliphatic carbocycles. The molecule has 3 nitrogen and oxygen atoms in total. The monoisotopic (exact) mass is 444 g/mol. The van der Waals surface area contributed by atoms with E-state index in [4.69, 9.17) is 0 Å². The molecule has 0 amide bonds. The van der Waals surface area contributed by atoms with E-state index < -0.39 is 0 Å². The quantitative estimate of drug-likeness (QED) is 0.192. The van der Waals surface area contributed by atoms with Crippen LogP contribution in [0.1, 0.15) is 45.5 Å². The number of rotatable bonds is 5. The van der Waals surface area contributed by atoms with Gasteiger partial charge in [-0.25, -0.2) is 9.97 Å². The molecule has 5 heteroatoms. The molecule has 0 N–H and O–H groups in total. The second-order valence-corrected chi connectivity index (χ2v) is 10.0. The van der Waals surface area contributed by atoms with Crippen LogP contribution in [0.2, 0.25) is 0 Å². The Hall–Kier alpha value is -2.50. The van der Waals surface area contributed by atoms with E-state index in [1.165, 1.54) is 58.8 Å². The minimum Gasteiger partial charge on any atom is -0.293 e. The highest BCUT2D eigenvalue weighted by atomic mass is 32.2. The Morgan fingerprint density at radius 1 is 1.00 bits per heavy atom. The van der Waals surface area contributed by atoms with Crippen LogP contribution < -0.4 is 0 Å². The van der Waals surface area contributed by atoms with Gasteiger partial charge in [0, 0.05) is 16.5 Å². The van der Waals surface area contributed by atoms with E-state index in [9.17, 15) is 4.79 Å². The average Bonchev–Trinajstić information content (AvgIpc) is 3.24. The molecule has 0 saturated heterocycles. The molecule has 2 aromatic heterocycles. The molecule has 2 heterocycles. The molecule has 156 valence electrons. The summed E-state index contributed by atoms with van der Waals surface area (Å²) in [6.45, 7) is 4.11. The van der Waals surface area contributed by atoms with Crippen LogP contribution in [0, 0.1) is 13.8 Å². The third kappa shape index (κ3) is 4.04. The van der Waals surface area contributed by atoms with Crippen LogP contribution in [0.5, 0.6) is 0 Å². The fourth-order valence-electron chi connectivity index (χ4n) is 4.20. The number of nitrogens with zero attached hydrogens (tertiary/aromatic N) is 2. The Kier molecular flexibility index (Phi) is 5.63. The second-order valence-electron chi connectivity index (χ2n) is 8.21. The van der Waals surface area contributed by atoms with Gasteiger partial charge in [-0.3, -0.25) is 4.79 Å². The Balaban J connectivity index is 1.45. The second kappa shape index (κ2) is 8.56. The maximum atomic E-state index is 12.8. The van der Waals surface area contributed by atoms with E-state index in [0.29, 0.717) is 5.75 Å². The number of aromatic nitrogens is 2. The molecule has 0 fully saturated rings. The van der Waals surface area contributed by atoms with E-state index in [1.807, 2.05) is 25.1 Å². The SMILES string of the molecule is Cc1ccc(C(=O)CSc2ncnc3scc(-c4ccc5c(c4)CCCC5)c23)cc1C. The number of hydrogen-bond donors (Lipinski definition) is 0. The lowest BCUT2D eigenvalue weighted by molar-refractivity contribution is 0.102. The van der Waals surface area contributed by atoms with Crippen molar-refractivity contribution in [2.75, 3.05) is 5.75 Å². The zero-order valence-electron chi connectivity index (χ0n) is 17.8. The Labute approximate surface area is 191 Å². The highest BCUT2D eigenvalue weighted by Gasteiger charge is 2.17. The molecule has 0 bridgehead atoms. The highest BCUT2D eigenvalue weighted by molar-refractivity contribution is 8.00. The average molecular weight is 445 g/mol. The maximum absolute atomic E-state index is 12.8. The minimum atomic E-state index is 0.130. The van der Waals surface area contributed by atoms with Crippen molar-refractivity contribution in [2.45, 2.75) is 44.6 Å². The first-order valence-corrected chi connectivity index (χ1v) is 12.5. The zero-order chi connectivity index (χ0) is 21.4. The third-order valence-electron chi connectivity index (χ3n) is 6.16. The number of aryl methyl sites for hydroxylation is 4. The van der Waals surface area contributed by atoms with Crippen LogP contribution >= 0.6 is 23.1 Å². The summed E-state index contributed by atoms with van der Waals surface area (Å²) in [4.78, 5) is 22.8. The lowest BCUT2D eigenvalue weighted by Crippen LogP contribution is -2.04. The summed E-state index contributed by atoms with van der Waals surface area (Å²) in [6.07, 6.45) is 6.51. The summed E-state index contributed by atoms with van der Waals surface area (Å²) < 4.78 is 0. The molecule has 2 aromatic carbocycles. The number of Topliss-reactive ketones (excluding diaryl/α,β-unsaturated/α-hetero) is 1. The Morgan fingerprint density at radius 2 is 1.84 bits per heavy atom. The minimum absolute atomic E-state index is 0.130. The van der Waals surface area contributed by atoms with E-state index in [0.717, 1.165) is 32.8 Å². The van der Waals surface area contributed by atoms with Gasteiger partial charge in [0.25, 0.3) is 0 Å². The van der Waals surface area contributed by atoms with Gasteiger partial charge in [0.1, 0.15) is 16.2 Å². The Morgan fingerprint density at radius 3 is 2.68 bits per heavy atom. The van der Waals surface area contributed by atoms with Crippen molar-refractivity contribution in [3.05, 3.63) is 75.9 Å². The summed E-state index contributed by atoms with van der Waals surface area (Å²) in [5.74, 6) is 0.499. The number of thiophene rings is 1. The van der Waals surface area contributed by atoms with Crippen molar-refractivity contribution >= 4 is 39.1 Å². The van der Waals surface area contributed by atoms with Crippen LogP contribution in [0.25, 0.3) is 21.3 Å². The predicted molar refractivity (Wildman–Crippen MR) is 130 cm³/mol. The number of carbonyl (C=O) groups excluding carboxylic acids is 1. The third-order valence-corrected chi connectivity index (χ3v) is 8.04. The molecular formula is C26H24N2OS2. The molecule has 0 radical (unpaired) electrons. The first-order chi connectivity index (χ1) is 15.1. The van der Waals surface area contributed by atoms with Crippen molar-refractivity contribution in [1.29, 1.82) is 0 Å². The molecule has 31 heavy (non-hydrogen) atoms. The van der Waals surface area contributed by atoms with Crippen LogP contribution in [-0.4, -0.2) is 21.5 Å². The Bertz CT molecular complexity index is 1290. The number of carbonyl (C=O) groups is 1. The molecular weight excluding hydrogens is 420 g/mol. The maximum Gasteiger partial charge on any atom is 0.173 e. The van der Waals surface area contributed by atoms with Gasteiger partial charge in [0.05, 0.1) is 11.1 Å². The van der Waals surface area contributed by atoms with E-state index in [1.54, 1.807) is 17.7 Å². The van der Waals surface area contributed by atoms with Gasteiger partial charge in [0.15, 0.2) is 5.78 Å². The van der Waals surface area contributed by atoms with Gasteiger partial charge in [-0.2, -0.15) is 0 Å². The van der Waals surface area contributed by atoms with Gasteiger partial charge >= 0.3 is 0 Å². The van der Waals surface area contributed by atoms with E-state index in [-0.39, 0.29) is 5.78 Å². The largest absolute Gasteiger partial charge is 0.293 e. The standard InChI is InChI=1S/C26H24N2OS2/c1-16-7-8-21(11-17(16)2)23(29)14-31-26-24-22(13-30-25(24)27-15-28-26)20-10-9-18-5-3-4-6-19(18)12-20/h7-13,15H,3-6,14H2,1-2H3. The fourth-order valence-corrected chi connectivity index (χ4v) is 6.09. The number of ketones is 1.